The summed E-state index contributed by atoms with van der Waals surface area (Å²) in [5.41, 5.74) is 0. The van der Waals surface area contributed by atoms with Gasteiger partial charge in [-0.3, -0.25) is 23.4 Å². The van der Waals surface area contributed by atoms with Crippen molar-refractivity contribution < 1.29 is 78.1 Å². The molecule has 2 aliphatic rings. The molecule has 16 nitrogen and oxygen atoms in total. The lowest BCUT2D eigenvalue weighted by Crippen LogP contribution is -2.55. The summed E-state index contributed by atoms with van der Waals surface area (Å²) in [6, 6.07) is 0. The number of hydrogen-bond acceptors (Lipinski definition) is 15. The van der Waals surface area contributed by atoms with Gasteiger partial charge in [-0.2, -0.15) is 0 Å². The van der Waals surface area contributed by atoms with E-state index in [4.69, 9.17) is 18.5 Å². The van der Waals surface area contributed by atoms with E-state index in [1.807, 2.05) is 6.92 Å². The zero-order valence-corrected chi connectivity index (χ0v) is 39.8. The first-order valence-electron chi connectivity index (χ1n) is 23.8. The number of aliphatic hydroxyl groups excluding tert-OH is 7. The van der Waals surface area contributed by atoms with Crippen molar-refractivity contribution in [3.05, 3.63) is 72.9 Å². The minimum absolute atomic E-state index is 0.00755. The van der Waals surface area contributed by atoms with Gasteiger partial charge in [0.1, 0.15) is 36.8 Å². The van der Waals surface area contributed by atoms with E-state index in [2.05, 4.69) is 55.5 Å². The van der Waals surface area contributed by atoms with E-state index < -0.39 is 112 Å². The Balaban J connectivity index is 2.18. The number of hydrogen-bond donors (Lipinski definition) is 8. The van der Waals surface area contributed by atoms with Gasteiger partial charge in [0.15, 0.2) is 6.10 Å². The average molecular weight is 955 g/mol. The van der Waals surface area contributed by atoms with Crippen LogP contribution in [0.4, 0.5) is 0 Å². The molecule has 2 bridgehead atoms. The molecular formula is C49H79O16P. The summed E-state index contributed by atoms with van der Waals surface area (Å²) in [6.07, 6.45) is 14.7. The highest BCUT2D eigenvalue weighted by Gasteiger charge is 2.49. The van der Waals surface area contributed by atoms with E-state index in [0.29, 0.717) is 32.1 Å². The quantitative estimate of drug-likeness (QED) is 0.0280. The van der Waals surface area contributed by atoms with Crippen molar-refractivity contribution >= 4 is 25.5 Å². The summed E-state index contributed by atoms with van der Waals surface area (Å²) in [4.78, 5) is 50.2. The third-order valence-electron chi connectivity index (χ3n) is 11.4. The molecule has 1 heterocycles. The molecule has 0 spiro atoms. The fourth-order valence-electron chi connectivity index (χ4n) is 7.46. The van der Waals surface area contributed by atoms with Crippen LogP contribution in [0.2, 0.25) is 0 Å². The Morgan fingerprint density at radius 3 is 2.14 bits per heavy atom. The van der Waals surface area contributed by atoms with Gasteiger partial charge in [0.2, 0.25) is 0 Å². The van der Waals surface area contributed by atoms with E-state index >= 15 is 0 Å². The van der Waals surface area contributed by atoms with Crippen LogP contribution in [0.25, 0.3) is 0 Å². The van der Waals surface area contributed by atoms with E-state index in [1.54, 1.807) is 12.2 Å². The van der Waals surface area contributed by atoms with E-state index in [1.165, 1.54) is 6.08 Å². The molecule has 1 aliphatic heterocycles. The average Bonchev–Trinajstić information content (AvgIpc) is 3.28. The first-order chi connectivity index (χ1) is 31.6. The van der Waals surface area contributed by atoms with Gasteiger partial charge >= 0.3 is 19.8 Å². The summed E-state index contributed by atoms with van der Waals surface area (Å²) in [5.74, 6) is -5.21. The SMILES string of the molecule is CC/C=C\C/C=C\C/C=C\C/C=C\CCCCCCC(=O)O[C@@H]1COC(=O)CCC/C=C\C[C@@H]2[C@@H](O)[C@H](O)[C@@H](O)[C@H](OP(=O)(O)OC1)[C@H](O)[C@H](O)[C@@H](/C=C/[C@@H](O)CCCCC)C(=O)C[C@@H]2O. The van der Waals surface area contributed by atoms with Gasteiger partial charge in [-0.1, -0.05) is 119 Å². The Morgan fingerprint density at radius 1 is 0.803 bits per heavy atom. The predicted molar refractivity (Wildman–Crippen MR) is 249 cm³/mol. The number of phosphoric acid groups is 1. The Morgan fingerprint density at radius 2 is 1.45 bits per heavy atom. The molecule has 1 saturated carbocycles. The molecule has 12 atom stereocenters. The lowest BCUT2D eigenvalue weighted by atomic mass is 9.83. The van der Waals surface area contributed by atoms with Gasteiger partial charge in [0.25, 0.3) is 0 Å². The third kappa shape index (κ3) is 24.2. The predicted octanol–water partition coefficient (Wildman–Crippen LogP) is 6.09. The first-order valence-corrected chi connectivity index (χ1v) is 25.3. The molecule has 17 heteroatoms. The molecule has 0 aromatic carbocycles. The van der Waals surface area contributed by atoms with Gasteiger partial charge < -0.3 is 50.1 Å². The summed E-state index contributed by atoms with van der Waals surface area (Å²) < 4.78 is 34.6. The highest BCUT2D eigenvalue weighted by molar-refractivity contribution is 7.47. The Kier molecular flexibility index (Phi) is 30.6. The normalized spacial score (nSPS) is 31.6. The Bertz CT molecular complexity index is 1610. The van der Waals surface area contributed by atoms with Crippen molar-refractivity contribution in [1.82, 2.24) is 0 Å². The molecule has 0 aromatic heterocycles. The van der Waals surface area contributed by atoms with Crippen LogP contribution >= 0.6 is 7.82 Å². The Labute approximate surface area is 391 Å². The number of esters is 2. The maximum atomic E-state index is 13.7. The number of Topliss-reactive ketones (excluding diaryl/α,β-unsaturated/α-hetero) is 1. The van der Waals surface area contributed by atoms with Crippen molar-refractivity contribution in [2.75, 3.05) is 13.2 Å². The molecule has 2 rings (SSSR count). The number of unbranched alkanes of at least 4 members (excludes halogenated alkanes) is 6. The van der Waals surface area contributed by atoms with Crippen LogP contribution in [0.1, 0.15) is 136 Å². The molecule has 0 amide bonds. The highest BCUT2D eigenvalue weighted by atomic mass is 31.2. The van der Waals surface area contributed by atoms with Crippen LogP contribution in [-0.4, -0.2) is 127 Å². The molecule has 66 heavy (non-hydrogen) atoms. The lowest BCUT2D eigenvalue weighted by molar-refractivity contribution is -0.166. The number of aliphatic hydroxyl groups is 7. The smallest absolute Gasteiger partial charge is 0.462 e. The fraction of sp³-hybridized carbons (Fsp3) is 0.694. The molecule has 376 valence electrons. The standard InChI is InChI=1S/C49H79O16P/c1-3-5-7-8-9-10-11-12-13-14-15-16-17-18-19-20-26-30-43(54)64-37-34-62-42(53)29-25-22-21-24-28-38-40(51)33-41(52)39(32-31-36(50)27-23-6-4-2)45(56)47(58)49(48(59)46(57)44(38)55)65-66(60,61)63-35-37/h5,7,9-10,12-13,15-16,21,24,31-32,36-40,44-51,55-59H,3-4,6,8,11,14,17-20,22-23,25-30,33-35H2,1-2H3,(H,60,61)/b7-5-,10-9-,13-12-,16-15-,24-21-,32-31+/t36-,37+,38-,39-,40-,44+,45+,46-,47+,48+,49+/m0/s1. The van der Waals surface area contributed by atoms with Crippen molar-refractivity contribution in [3.8, 4) is 0 Å². The topological polar surface area (TPSA) is 267 Å². The molecule has 0 saturated heterocycles. The molecule has 1 aliphatic carbocycles. The second-order valence-electron chi connectivity index (χ2n) is 17.0. The maximum Gasteiger partial charge on any atom is 0.472 e. The van der Waals surface area contributed by atoms with Crippen LogP contribution in [0.5, 0.6) is 0 Å². The zero-order valence-electron chi connectivity index (χ0n) is 38.9. The highest BCUT2D eigenvalue weighted by Crippen LogP contribution is 2.47. The van der Waals surface area contributed by atoms with Crippen molar-refractivity contribution in [3.63, 3.8) is 0 Å². The number of ketones is 1. The number of fused-ring (bicyclic) bond motifs is 4. The monoisotopic (exact) mass is 955 g/mol. The van der Waals surface area contributed by atoms with Gasteiger partial charge in [-0.15, -0.1) is 0 Å². The number of cyclic esters (lactones) is 1. The second kappa shape index (κ2) is 34.2. The van der Waals surface area contributed by atoms with Crippen LogP contribution in [0, 0.1) is 11.8 Å². The van der Waals surface area contributed by atoms with Crippen molar-refractivity contribution in [1.29, 1.82) is 0 Å². The number of carbonyl (C=O) groups excluding carboxylic acids is 3. The number of rotatable bonds is 21. The molecule has 0 aromatic rings. The fourth-order valence-corrected chi connectivity index (χ4v) is 8.43. The number of allylic oxidation sites excluding steroid dienone is 10. The van der Waals surface area contributed by atoms with Gasteiger partial charge in [-0.25, -0.2) is 4.57 Å². The van der Waals surface area contributed by atoms with Crippen LogP contribution in [0.15, 0.2) is 72.9 Å². The van der Waals surface area contributed by atoms with Gasteiger partial charge in [0, 0.05) is 25.2 Å². The third-order valence-corrected chi connectivity index (χ3v) is 12.4. The van der Waals surface area contributed by atoms with Crippen LogP contribution < -0.4 is 0 Å². The van der Waals surface area contributed by atoms with Crippen LogP contribution in [0.3, 0.4) is 0 Å². The van der Waals surface area contributed by atoms with Crippen molar-refractivity contribution in [2.45, 2.75) is 191 Å². The minimum atomic E-state index is -5.48. The largest absolute Gasteiger partial charge is 0.472 e. The number of carbonyl (C=O) groups is 3. The van der Waals surface area contributed by atoms with E-state index in [9.17, 15) is 59.6 Å². The van der Waals surface area contributed by atoms with E-state index in [-0.39, 0.29) is 19.3 Å². The summed E-state index contributed by atoms with van der Waals surface area (Å²) in [6.45, 7) is 2.64. The second-order valence-corrected chi connectivity index (χ2v) is 18.4. The molecule has 0 radical (unpaired) electrons. The maximum absolute atomic E-state index is 13.7. The zero-order chi connectivity index (χ0) is 48.7. The molecule has 8 N–H and O–H groups in total. The molecule has 1 unspecified atom stereocenters. The molecular weight excluding hydrogens is 875 g/mol. The Hall–Kier alpha value is -3.12. The van der Waals surface area contributed by atoms with Crippen molar-refractivity contribution in [2.24, 2.45) is 11.8 Å². The van der Waals surface area contributed by atoms with Gasteiger partial charge in [-0.05, 0) is 70.6 Å². The summed E-state index contributed by atoms with van der Waals surface area (Å²) >= 11 is 0. The number of phosphoric ester groups is 1. The lowest BCUT2D eigenvalue weighted by Gasteiger charge is -2.36. The number of ether oxygens (including phenoxy) is 2. The van der Waals surface area contributed by atoms with E-state index in [0.717, 1.165) is 70.3 Å². The molecule has 1 fully saturated rings. The summed E-state index contributed by atoms with van der Waals surface area (Å²) in [5, 5.41) is 78.5. The first kappa shape index (κ1) is 59.0. The summed E-state index contributed by atoms with van der Waals surface area (Å²) in [7, 11) is -5.48. The van der Waals surface area contributed by atoms with Gasteiger partial charge in [0.05, 0.1) is 36.9 Å². The minimum Gasteiger partial charge on any atom is -0.462 e. The van der Waals surface area contributed by atoms with Crippen LogP contribution in [-0.2, 0) is 37.5 Å².